The number of hydrogen-bond acceptors (Lipinski definition) is 3. The van der Waals surface area contributed by atoms with Gasteiger partial charge in [0.15, 0.2) is 6.61 Å². The number of hydrogen-bond donors (Lipinski definition) is 1. The van der Waals surface area contributed by atoms with Crippen molar-refractivity contribution in [2.24, 2.45) is 0 Å². The van der Waals surface area contributed by atoms with Crippen LogP contribution in [0.1, 0.15) is 32.6 Å². The first kappa shape index (κ1) is 16.7. The van der Waals surface area contributed by atoms with Crippen LogP contribution < -0.4 is 5.32 Å². The number of nitrogens with one attached hydrogen (secondary N) is 1. The fourth-order valence-corrected chi connectivity index (χ4v) is 2.44. The van der Waals surface area contributed by atoms with E-state index >= 15 is 0 Å². The van der Waals surface area contributed by atoms with E-state index in [-0.39, 0.29) is 12.5 Å². The van der Waals surface area contributed by atoms with E-state index < -0.39 is 5.97 Å². The number of carbonyl (C=O) groups excluding carboxylic acids is 2. The highest BCUT2D eigenvalue weighted by atomic mass is 16.5. The molecule has 0 bridgehead atoms. The Balaban J connectivity index is 1.98. The summed E-state index contributed by atoms with van der Waals surface area (Å²) >= 11 is 0. The van der Waals surface area contributed by atoms with Gasteiger partial charge in [-0.2, -0.15) is 0 Å². The molecule has 0 spiro atoms. The summed E-state index contributed by atoms with van der Waals surface area (Å²) in [5.74, 6) is -0.834. The van der Waals surface area contributed by atoms with Gasteiger partial charge in [-0.3, -0.25) is 4.79 Å². The largest absolute Gasteiger partial charge is 0.452 e. The Bertz CT molecular complexity index is 730. The molecule has 4 heteroatoms. The second kappa shape index (κ2) is 7.09. The molecule has 0 heterocycles. The van der Waals surface area contributed by atoms with Gasteiger partial charge in [0.25, 0.3) is 5.91 Å². The lowest BCUT2D eigenvalue weighted by molar-refractivity contribution is -0.119. The molecule has 1 N–H and O–H groups in total. The SMILES string of the molecule is Cc1ccc(C(=O)OCC(=O)Nc2c(C)cccc2C)c(C)c1. The summed E-state index contributed by atoms with van der Waals surface area (Å²) in [5, 5.41) is 2.79. The molecule has 0 saturated heterocycles. The molecule has 0 saturated carbocycles. The summed E-state index contributed by atoms with van der Waals surface area (Å²) in [7, 11) is 0. The van der Waals surface area contributed by atoms with Gasteiger partial charge in [0, 0.05) is 5.69 Å². The summed E-state index contributed by atoms with van der Waals surface area (Å²) in [6, 6.07) is 11.2. The van der Waals surface area contributed by atoms with Crippen molar-refractivity contribution in [1.82, 2.24) is 0 Å². The quantitative estimate of drug-likeness (QED) is 0.876. The molecule has 4 nitrogen and oxygen atoms in total. The molecule has 0 radical (unpaired) electrons. The number of esters is 1. The average Bonchev–Trinajstić information content (AvgIpc) is 2.49. The van der Waals surface area contributed by atoms with Gasteiger partial charge in [0.1, 0.15) is 0 Å². The number of ether oxygens (including phenoxy) is 1. The lowest BCUT2D eigenvalue weighted by Crippen LogP contribution is -2.22. The van der Waals surface area contributed by atoms with Crippen molar-refractivity contribution >= 4 is 17.6 Å². The van der Waals surface area contributed by atoms with Crippen LogP contribution in [0.25, 0.3) is 0 Å². The summed E-state index contributed by atoms with van der Waals surface area (Å²) in [6.07, 6.45) is 0. The minimum absolute atomic E-state index is 0.306. The standard InChI is InChI=1S/C19H21NO3/c1-12-8-9-16(15(4)10-12)19(22)23-11-17(21)20-18-13(2)6-5-7-14(18)3/h5-10H,11H2,1-4H3,(H,20,21). The van der Waals surface area contributed by atoms with E-state index in [1.165, 1.54) is 0 Å². The molecule has 120 valence electrons. The van der Waals surface area contributed by atoms with E-state index in [1.807, 2.05) is 58.0 Å². The Hall–Kier alpha value is -2.62. The third kappa shape index (κ3) is 4.19. The fraction of sp³-hybridized carbons (Fsp3) is 0.263. The highest BCUT2D eigenvalue weighted by molar-refractivity contribution is 5.96. The van der Waals surface area contributed by atoms with Gasteiger partial charge in [-0.25, -0.2) is 4.79 Å². The maximum atomic E-state index is 12.1. The van der Waals surface area contributed by atoms with Gasteiger partial charge < -0.3 is 10.1 Å². The van der Waals surface area contributed by atoms with Crippen molar-refractivity contribution in [2.45, 2.75) is 27.7 Å². The first-order valence-electron chi connectivity index (χ1n) is 7.49. The Morgan fingerprint density at radius 2 is 1.61 bits per heavy atom. The van der Waals surface area contributed by atoms with Crippen LogP contribution in [0.2, 0.25) is 0 Å². The second-order valence-corrected chi connectivity index (χ2v) is 5.71. The average molecular weight is 311 g/mol. The van der Waals surface area contributed by atoms with Gasteiger partial charge in [0.05, 0.1) is 5.56 Å². The van der Waals surface area contributed by atoms with Crippen LogP contribution in [0.4, 0.5) is 5.69 Å². The zero-order chi connectivity index (χ0) is 17.0. The molecule has 0 aliphatic heterocycles. The minimum atomic E-state index is -0.487. The first-order valence-corrected chi connectivity index (χ1v) is 7.49. The highest BCUT2D eigenvalue weighted by Crippen LogP contribution is 2.19. The predicted molar refractivity (Wildman–Crippen MR) is 90.7 cm³/mol. The molecule has 2 aromatic carbocycles. The Kier molecular flexibility index (Phi) is 5.16. The minimum Gasteiger partial charge on any atom is -0.452 e. The zero-order valence-electron chi connectivity index (χ0n) is 13.9. The molecule has 23 heavy (non-hydrogen) atoms. The fourth-order valence-electron chi connectivity index (χ4n) is 2.44. The number of carbonyl (C=O) groups is 2. The topological polar surface area (TPSA) is 55.4 Å². The van der Waals surface area contributed by atoms with Crippen LogP contribution in [0.3, 0.4) is 0 Å². The molecular weight excluding hydrogens is 290 g/mol. The summed E-state index contributed by atoms with van der Waals surface area (Å²) < 4.78 is 5.11. The number of benzene rings is 2. The predicted octanol–water partition coefficient (Wildman–Crippen LogP) is 3.72. The number of aryl methyl sites for hydroxylation is 4. The van der Waals surface area contributed by atoms with Crippen LogP contribution in [0.5, 0.6) is 0 Å². The third-order valence-corrected chi connectivity index (χ3v) is 3.68. The second-order valence-electron chi connectivity index (χ2n) is 5.71. The summed E-state index contributed by atoms with van der Waals surface area (Å²) in [5.41, 5.74) is 5.10. The lowest BCUT2D eigenvalue weighted by Gasteiger charge is -2.12. The Morgan fingerprint density at radius 1 is 0.957 bits per heavy atom. The number of rotatable bonds is 4. The monoisotopic (exact) mass is 311 g/mol. The van der Waals surface area contributed by atoms with E-state index in [0.29, 0.717) is 5.56 Å². The van der Waals surface area contributed by atoms with Crippen molar-refractivity contribution in [3.63, 3.8) is 0 Å². The molecule has 0 unspecified atom stereocenters. The van der Waals surface area contributed by atoms with Crippen molar-refractivity contribution in [3.05, 3.63) is 64.2 Å². The van der Waals surface area contributed by atoms with Crippen LogP contribution in [-0.4, -0.2) is 18.5 Å². The molecule has 1 amide bonds. The van der Waals surface area contributed by atoms with Crippen LogP contribution in [0, 0.1) is 27.7 Å². The third-order valence-electron chi connectivity index (χ3n) is 3.68. The van der Waals surface area contributed by atoms with Gasteiger partial charge in [-0.1, -0.05) is 35.9 Å². The maximum Gasteiger partial charge on any atom is 0.338 e. The molecule has 0 fully saturated rings. The number of amides is 1. The van der Waals surface area contributed by atoms with Crippen molar-refractivity contribution in [2.75, 3.05) is 11.9 Å². The van der Waals surface area contributed by atoms with Crippen molar-refractivity contribution in [3.8, 4) is 0 Å². The van der Waals surface area contributed by atoms with E-state index in [9.17, 15) is 9.59 Å². The molecule has 0 aliphatic carbocycles. The van der Waals surface area contributed by atoms with Crippen LogP contribution in [0.15, 0.2) is 36.4 Å². The molecular formula is C19H21NO3. The Morgan fingerprint density at radius 3 is 2.22 bits per heavy atom. The molecule has 0 aliphatic rings. The van der Waals surface area contributed by atoms with Gasteiger partial charge >= 0.3 is 5.97 Å². The maximum absolute atomic E-state index is 12.1. The number of para-hydroxylation sites is 1. The lowest BCUT2D eigenvalue weighted by atomic mass is 10.1. The van der Waals surface area contributed by atoms with Gasteiger partial charge in [0.2, 0.25) is 0 Å². The van der Waals surface area contributed by atoms with Gasteiger partial charge in [-0.15, -0.1) is 0 Å². The Labute approximate surface area is 136 Å². The zero-order valence-corrected chi connectivity index (χ0v) is 13.9. The smallest absolute Gasteiger partial charge is 0.338 e. The normalized spacial score (nSPS) is 10.3. The van der Waals surface area contributed by atoms with E-state index in [1.54, 1.807) is 6.07 Å². The van der Waals surface area contributed by atoms with E-state index in [0.717, 1.165) is 27.9 Å². The van der Waals surface area contributed by atoms with Crippen molar-refractivity contribution < 1.29 is 14.3 Å². The van der Waals surface area contributed by atoms with Crippen LogP contribution in [-0.2, 0) is 9.53 Å². The van der Waals surface area contributed by atoms with Gasteiger partial charge in [-0.05, 0) is 50.5 Å². The van der Waals surface area contributed by atoms with Crippen molar-refractivity contribution in [1.29, 1.82) is 0 Å². The van der Waals surface area contributed by atoms with E-state index in [2.05, 4.69) is 5.32 Å². The molecule has 2 aromatic rings. The number of anilines is 1. The molecule has 0 atom stereocenters. The molecule has 2 rings (SSSR count). The highest BCUT2D eigenvalue weighted by Gasteiger charge is 2.13. The summed E-state index contributed by atoms with van der Waals surface area (Å²) in [6.45, 7) is 7.34. The summed E-state index contributed by atoms with van der Waals surface area (Å²) in [4.78, 5) is 24.1. The van der Waals surface area contributed by atoms with E-state index in [4.69, 9.17) is 4.74 Å². The van der Waals surface area contributed by atoms with Crippen LogP contribution >= 0.6 is 0 Å². The first-order chi connectivity index (χ1) is 10.9. The molecule has 0 aromatic heterocycles.